The van der Waals surface area contributed by atoms with Crippen LogP contribution in [-0.2, 0) is 32.5 Å². The number of anilines is 4. The first kappa shape index (κ1) is 59.7. The summed E-state index contributed by atoms with van der Waals surface area (Å²) in [4.78, 5) is 10.3. The Morgan fingerprint density at radius 3 is 1.53 bits per heavy atom. The predicted octanol–water partition coefficient (Wildman–Crippen LogP) is 23.6. The zero-order valence-corrected chi connectivity index (χ0v) is 56.6. The van der Waals surface area contributed by atoms with Crippen LogP contribution in [-0.4, -0.2) is 16.2 Å². The largest absolute Gasteiger partial charge is 0.457 e. The number of thiophene rings is 1. The van der Waals surface area contributed by atoms with Crippen LogP contribution in [0.1, 0.15) is 175 Å². The molecule has 0 saturated carbocycles. The van der Waals surface area contributed by atoms with Crippen molar-refractivity contribution in [3.05, 3.63) is 202 Å². The van der Waals surface area contributed by atoms with E-state index in [4.69, 9.17) is 9.72 Å². The van der Waals surface area contributed by atoms with Gasteiger partial charge in [-0.15, -0.1) is 11.3 Å². The van der Waals surface area contributed by atoms with E-state index in [0.29, 0.717) is 6.67 Å². The molecular formula is C81H90N4OS. The number of aromatic nitrogens is 2. The lowest BCUT2D eigenvalue weighted by molar-refractivity contribution is 0.456. The first-order chi connectivity index (χ1) is 40.7. The van der Waals surface area contributed by atoms with Gasteiger partial charge in [-0.1, -0.05) is 203 Å². The fourth-order valence-corrected chi connectivity index (χ4v) is 14.3. The summed E-state index contributed by atoms with van der Waals surface area (Å²) in [5.74, 6) is 2.51. The van der Waals surface area contributed by atoms with E-state index in [0.717, 1.165) is 45.3 Å². The molecule has 0 spiro atoms. The number of rotatable bonds is 7. The van der Waals surface area contributed by atoms with Crippen LogP contribution >= 0.6 is 11.3 Å². The fraction of sp³-hybridized carbons (Fsp3) is 0.346. The van der Waals surface area contributed by atoms with Gasteiger partial charge in [0, 0.05) is 71.7 Å². The van der Waals surface area contributed by atoms with Gasteiger partial charge in [-0.3, -0.25) is 4.57 Å². The summed E-state index contributed by atoms with van der Waals surface area (Å²) in [6.45, 7) is 49.7. The van der Waals surface area contributed by atoms with Crippen molar-refractivity contribution < 1.29 is 4.74 Å². The molecule has 8 aromatic carbocycles. The normalized spacial score (nSPS) is 13.7. The van der Waals surface area contributed by atoms with Crippen LogP contribution in [0, 0.1) is 20.8 Å². The Kier molecular flexibility index (Phi) is 14.2. The van der Waals surface area contributed by atoms with E-state index in [1.807, 2.05) is 17.5 Å². The van der Waals surface area contributed by atoms with Crippen molar-refractivity contribution in [2.75, 3.05) is 16.5 Å². The first-order valence-corrected chi connectivity index (χ1v) is 32.3. The van der Waals surface area contributed by atoms with Crippen LogP contribution in [0.3, 0.4) is 0 Å². The Bertz CT molecular complexity index is 4390. The molecule has 4 heterocycles. The fourth-order valence-electron chi connectivity index (χ4n) is 13.1. The quantitative estimate of drug-likeness (QED) is 0.159. The summed E-state index contributed by atoms with van der Waals surface area (Å²) in [7, 11) is 0. The third-order valence-electron chi connectivity index (χ3n) is 18.7. The molecule has 87 heavy (non-hydrogen) atoms. The Labute approximate surface area is 523 Å². The van der Waals surface area contributed by atoms with Crippen LogP contribution in [0.25, 0.3) is 70.0 Å². The maximum Gasteiger partial charge on any atom is 0.137 e. The van der Waals surface area contributed by atoms with Crippen LogP contribution in [0.4, 0.5) is 22.7 Å². The van der Waals surface area contributed by atoms with Gasteiger partial charge >= 0.3 is 0 Å². The number of nitrogens with zero attached hydrogens (tertiary/aromatic N) is 4. The third-order valence-corrected chi connectivity index (χ3v) is 19.9. The van der Waals surface area contributed by atoms with E-state index in [-0.39, 0.29) is 32.5 Å². The van der Waals surface area contributed by atoms with Crippen molar-refractivity contribution in [3.8, 4) is 39.6 Å². The second kappa shape index (κ2) is 20.7. The zero-order valence-electron chi connectivity index (χ0n) is 55.7. The maximum atomic E-state index is 7.43. The summed E-state index contributed by atoms with van der Waals surface area (Å²) in [6, 6.07) is 55.3. The molecule has 1 aliphatic rings. The van der Waals surface area contributed by atoms with Gasteiger partial charge in [0.25, 0.3) is 0 Å². The molecule has 0 fully saturated rings. The molecule has 11 aromatic rings. The molecule has 446 valence electrons. The van der Waals surface area contributed by atoms with Crippen LogP contribution < -0.4 is 14.5 Å². The van der Waals surface area contributed by atoms with Gasteiger partial charge in [0.05, 0.1) is 28.1 Å². The van der Waals surface area contributed by atoms with Gasteiger partial charge in [0.2, 0.25) is 0 Å². The summed E-state index contributed by atoms with van der Waals surface area (Å²) in [6.07, 6.45) is 1.97. The van der Waals surface area contributed by atoms with Crippen molar-refractivity contribution in [3.63, 3.8) is 0 Å². The highest BCUT2D eigenvalue weighted by atomic mass is 32.1. The van der Waals surface area contributed by atoms with Crippen molar-refractivity contribution >= 4 is 76.1 Å². The Morgan fingerprint density at radius 2 is 0.977 bits per heavy atom. The number of para-hydroxylation sites is 2. The standard InChI is InChI=1S/C81H90N4OS/c1-48-49(2)71(51-37-54(77(7,8)9)41-55(38-51)78(10,11)12)74(72(50(48)3)52-39-56(79(13,14)15)42-57(40-52)80(16,17)18)84-47-83(64-30-23-24-31-65(64)84)58-27-26-28-59(44-58)86-68-46-67-62(45-63(68)81(19,20)21)73-66(85(67)70-43-53(35-36-82-70)76(4,5)6)34-33-61-60-29-22-25-32-69(60)87-75(61)73/h22-46H,47H2,1-21H3. The van der Waals surface area contributed by atoms with Gasteiger partial charge < -0.3 is 14.5 Å². The molecule has 0 saturated heterocycles. The molecule has 0 unspecified atom stereocenters. The van der Waals surface area contributed by atoms with Crippen LogP contribution in [0.5, 0.6) is 11.5 Å². The molecule has 12 rings (SSSR count). The summed E-state index contributed by atoms with van der Waals surface area (Å²) >= 11 is 1.88. The zero-order chi connectivity index (χ0) is 62.4. The average molecular weight is 1170 g/mol. The summed E-state index contributed by atoms with van der Waals surface area (Å²) in [5, 5.41) is 5.02. The Hall–Kier alpha value is -7.67. The van der Waals surface area contributed by atoms with E-state index in [1.165, 1.54) is 109 Å². The van der Waals surface area contributed by atoms with E-state index in [1.54, 1.807) is 0 Å². The molecule has 3 aromatic heterocycles. The maximum absolute atomic E-state index is 7.43. The summed E-state index contributed by atoms with van der Waals surface area (Å²) < 4.78 is 12.4. The molecule has 0 aliphatic carbocycles. The number of ether oxygens (including phenoxy) is 1. The number of hydrogen-bond donors (Lipinski definition) is 0. The van der Waals surface area contributed by atoms with Crippen molar-refractivity contribution in [2.24, 2.45) is 0 Å². The molecule has 6 heteroatoms. The van der Waals surface area contributed by atoms with Gasteiger partial charge in [-0.25, -0.2) is 4.98 Å². The molecular weight excluding hydrogens is 1080 g/mol. The van der Waals surface area contributed by atoms with Crippen molar-refractivity contribution in [1.29, 1.82) is 0 Å². The van der Waals surface area contributed by atoms with Crippen LogP contribution in [0.15, 0.2) is 152 Å². The lowest BCUT2D eigenvalue weighted by Gasteiger charge is -2.33. The molecule has 0 atom stereocenters. The first-order valence-electron chi connectivity index (χ1n) is 31.5. The van der Waals surface area contributed by atoms with Crippen molar-refractivity contribution in [2.45, 2.75) is 178 Å². The van der Waals surface area contributed by atoms with Gasteiger partial charge in [0.15, 0.2) is 0 Å². The number of fused-ring (bicyclic) bond motifs is 8. The Balaban J connectivity index is 1.05. The van der Waals surface area contributed by atoms with Gasteiger partial charge in [0.1, 0.15) is 24.0 Å². The molecule has 1 aliphatic heterocycles. The number of pyridine rings is 1. The third kappa shape index (κ3) is 10.6. The van der Waals surface area contributed by atoms with E-state index in [9.17, 15) is 0 Å². The average Bonchev–Trinajstić information content (AvgIpc) is 1.66. The SMILES string of the molecule is Cc1c(C)c(-c2cc(C(C)(C)C)cc(C(C)(C)C)c2)c(N2CN(c3cccc(Oc4cc5c(cc4C(C)(C)C)c4c6sc7ccccc7c6ccc4n5-c4cc(C(C)(C)C)ccn4)c3)c3ccccc32)c(-c2cc(C(C)(C)C)cc(C(C)(C)C)c2)c1C. The second-order valence-corrected chi connectivity index (χ2v) is 32.2. The van der Waals surface area contributed by atoms with E-state index >= 15 is 0 Å². The highest BCUT2D eigenvalue weighted by Gasteiger charge is 2.36. The minimum Gasteiger partial charge on any atom is -0.457 e. The monoisotopic (exact) mass is 1170 g/mol. The molecule has 0 radical (unpaired) electrons. The molecule has 0 amide bonds. The molecule has 0 bridgehead atoms. The second-order valence-electron chi connectivity index (χ2n) is 31.2. The predicted molar refractivity (Wildman–Crippen MR) is 377 cm³/mol. The Morgan fingerprint density at radius 1 is 0.437 bits per heavy atom. The summed E-state index contributed by atoms with van der Waals surface area (Å²) in [5.41, 5.74) is 23.0. The highest BCUT2D eigenvalue weighted by molar-refractivity contribution is 7.26. The number of hydrogen-bond acceptors (Lipinski definition) is 5. The van der Waals surface area contributed by atoms with Gasteiger partial charge in [-0.2, -0.15) is 0 Å². The highest BCUT2D eigenvalue weighted by Crippen LogP contribution is 2.55. The molecule has 5 nitrogen and oxygen atoms in total. The molecule has 0 N–H and O–H groups in total. The van der Waals surface area contributed by atoms with Gasteiger partial charge in [-0.05, 0) is 163 Å². The lowest BCUT2D eigenvalue weighted by atomic mass is 9.76. The number of benzene rings is 8. The van der Waals surface area contributed by atoms with E-state index < -0.39 is 0 Å². The van der Waals surface area contributed by atoms with Crippen molar-refractivity contribution in [1.82, 2.24) is 9.55 Å². The topological polar surface area (TPSA) is 33.5 Å². The smallest absolute Gasteiger partial charge is 0.137 e. The minimum atomic E-state index is -0.262. The minimum absolute atomic E-state index is 0.0637. The van der Waals surface area contributed by atoms with E-state index in [2.05, 4.69) is 305 Å². The lowest BCUT2D eigenvalue weighted by Crippen LogP contribution is -2.26. The van der Waals surface area contributed by atoms with Crippen LogP contribution in [0.2, 0.25) is 0 Å².